The fourth-order valence-corrected chi connectivity index (χ4v) is 5.54. The molecule has 46 heavy (non-hydrogen) atoms. The van der Waals surface area contributed by atoms with Gasteiger partial charge in [-0.05, 0) is 64.9 Å². The lowest BCUT2D eigenvalue weighted by molar-refractivity contribution is 0.233. The first-order valence-electron chi connectivity index (χ1n) is 15.7. The van der Waals surface area contributed by atoms with Crippen molar-refractivity contribution in [3.8, 4) is 16.9 Å². The number of nitrogens with one attached hydrogen (secondary N) is 3. The lowest BCUT2D eigenvalue weighted by Gasteiger charge is -2.24. The van der Waals surface area contributed by atoms with Crippen molar-refractivity contribution in [1.29, 1.82) is 0 Å². The normalized spacial score (nSPS) is 11.5. The maximum atomic E-state index is 14.2. The Morgan fingerprint density at radius 3 is 2.63 bits per heavy atom. The van der Waals surface area contributed by atoms with Crippen molar-refractivity contribution in [1.82, 2.24) is 19.7 Å². The van der Waals surface area contributed by atoms with Crippen molar-refractivity contribution in [2.24, 2.45) is 0 Å². The summed E-state index contributed by atoms with van der Waals surface area (Å²) in [7, 11) is 0. The molecule has 0 radical (unpaired) electrons. The number of nitrogens with zero attached hydrogens (tertiary/aromatic N) is 3. The second-order valence-electron chi connectivity index (χ2n) is 12.3. The van der Waals surface area contributed by atoms with Crippen LogP contribution in [0.3, 0.4) is 0 Å². The van der Waals surface area contributed by atoms with Crippen LogP contribution in [-0.2, 0) is 18.4 Å². The number of H-pyrrole nitrogens is 1. The zero-order valence-corrected chi connectivity index (χ0v) is 26.9. The summed E-state index contributed by atoms with van der Waals surface area (Å²) < 4.78 is 7.50. The van der Waals surface area contributed by atoms with Gasteiger partial charge in [-0.15, -0.1) is 0 Å². The highest BCUT2D eigenvalue weighted by atomic mass is 16.5. The number of pyridine rings is 2. The monoisotopic (exact) mass is 622 g/mol. The molecule has 0 spiro atoms. The molecule has 0 aliphatic heterocycles. The number of carbonyl (C=O) groups excluding carboxylic acids is 1. The van der Waals surface area contributed by atoms with Gasteiger partial charge in [0.05, 0.1) is 12.3 Å². The number of benzene rings is 2. The predicted molar refractivity (Wildman–Crippen MR) is 183 cm³/mol. The molecule has 0 fully saturated rings. The molecule has 2 aromatic carbocycles. The van der Waals surface area contributed by atoms with Crippen LogP contribution in [0.25, 0.3) is 22.2 Å². The molecule has 5 aromatic rings. The molecule has 0 aliphatic rings. The van der Waals surface area contributed by atoms with Crippen LogP contribution in [0.2, 0.25) is 0 Å². The average molecular weight is 623 g/mol. The number of ether oxygens (including phenoxy) is 1. The number of hydrogen-bond donors (Lipinski definition) is 4. The molecule has 0 saturated carbocycles. The molecule has 5 rings (SSSR count). The largest absolute Gasteiger partial charge is 0.493 e. The Morgan fingerprint density at radius 1 is 1.04 bits per heavy atom. The van der Waals surface area contributed by atoms with E-state index in [1.54, 1.807) is 17.0 Å². The summed E-state index contributed by atoms with van der Waals surface area (Å²) in [5.41, 5.74) is 4.89. The molecule has 240 valence electrons. The third-order valence-corrected chi connectivity index (χ3v) is 7.77. The van der Waals surface area contributed by atoms with Crippen molar-refractivity contribution in [3.63, 3.8) is 0 Å². The molecule has 0 saturated heterocycles. The molecule has 0 atom stereocenters. The number of aliphatic hydroxyl groups excluding tert-OH is 1. The zero-order chi connectivity index (χ0) is 32.7. The van der Waals surface area contributed by atoms with Crippen LogP contribution in [0, 0.1) is 0 Å². The summed E-state index contributed by atoms with van der Waals surface area (Å²) in [5, 5.41) is 23.1. The lowest BCUT2D eigenvalue weighted by atomic mass is 9.85. The Morgan fingerprint density at radius 2 is 1.89 bits per heavy atom. The Hall–Kier alpha value is -4.96. The van der Waals surface area contributed by atoms with E-state index >= 15 is 0 Å². The smallest absolute Gasteiger partial charge is 0.323 e. The summed E-state index contributed by atoms with van der Waals surface area (Å²) in [5.74, 6) is 0.595. The van der Waals surface area contributed by atoms with E-state index < -0.39 is 6.03 Å². The van der Waals surface area contributed by atoms with Crippen molar-refractivity contribution < 1.29 is 14.6 Å². The van der Waals surface area contributed by atoms with Gasteiger partial charge in [0.2, 0.25) is 0 Å². The standard InChI is InChI=1S/C36H42N6O4/c1-5-6-18-42-33-28(12-8-16-37-33)31(25-10-7-11-27(23-25)46-20-9-19-43)32(34(42)44)40-35(45)39-30-22-24(21-26-15-17-38-41-26)13-14-29(30)36(2,3)4/h7-8,10-17,22-23,43H,5-6,9,18-21H2,1-4H3,(H,38,41)(H2,39,40,45). The first-order chi connectivity index (χ1) is 22.2. The number of aromatic amines is 1. The number of amides is 2. The van der Waals surface area contributed by atoms with E-state index in [2.05, 4.69) is 59.6 Å². The maximum Gasteiger partial charge on any atom is 0.323 e. The summed E-state index contributed by atoms with van der Waals surface area (Å²) in [6, 6.07) is 18.6. The number of aromatic nitrogens is 4. The Bertz CT molecular complexity index is 1860. The van der Waals surface area contributed by atoms with Gasteiger partial charge in [-0.3, -0.25) is 14.5 Å². The number of rotatable bonds is 12. The SMILES string of the molecule is CCCCn1c(=O)c(NC(=O)Nc2cc(Cc3cc[nH]n3)ccc2C(C)(C)C)c(-c2cccc(OCCCO)c2)c2cccnc21. The number of fused-ring (bicyclic) bond motifs is 1. The molecule has 2 amide bonds. The molecular weight excluding hydrogens is 580 g/mol. The van der Waals surface area contributed by atoms with Gasteiger partial charge in [0.25, 0.3) is 5.56 Å². The van der Waals surface area contributed by atoms with Crippen molar-refractivity contribution >= 4 is 28.4 Å². The van der Waals surface area contributed by atoms with Gasteiger partial charge in [0.15, 0.2) is 0 Å². The number of aliphatic hydroxyl groups is 1. The first-order valence-corrected chi connectivity index (χ1v) is 15.7. The van der Waals surface area contributed by atoms with Crippen LogP contribution >= 0.6 is 0 Å². The van der Waals surface area contributed by atoms with Crippen molar-refractivity contribution in [2.45, 2.75) is 65.3 Å². The van der Waals surface area contributed by atoms with Gasteiger partial charge in [-0.1, -0.05) is 58.4 Å². The molecule has 3 heterocycles. The third kappa shape index (κ3) is 7.46. The van der Waals surface area contributed by atoms with Gasteiger partial charge in [-0.25, -0.2) is 9.78 Å². The average Bonchev–Trinajstić information content (AvgIpc) is 3.54. The molecular formula is C36H42N6O4. The minimum Gasteiger partial charge on any atom is -0.493 e. The van der Waals surface area contributed by atoms with E-state index in [-0.39, 0.29) is 23.3 Å². The minimum absolute atomic E-state index is 0.0258. The quantitative estimate of drug-likeness (QED) is 0.112. The van der Waals surface area contributed by atoms with Gasteiger partial charge in [-0.2, -0.15) is 5.10 Å². The molecule has 10 heteroatoms. The van der Waals surface area contributed by atoms with Crippen LogP contribution < -0.4 is 20.9 Å². The fourth-order valence-electron chi connectivity index (χ4n) is 5.54. The Balaban J connectivity index is 1.59. The molecule has 10 nitrogen and oxygen atoms in total. The number of unbranched alkanes of at least 4 members (excludes halogenated alkanes) is 1. The number of carbonyl (C=O) groups is 1. The highest BCUT2D eigenvalue weighted by Gasteiger charge is 2.23. The summed E-state index contributed by atoms with van der Waals surface area (Å²) in [4.78, 5) is 32.7. The Kier molecular flexibility index (Phi) is 10.2. The van der Waals surface area contributed by atoms with Crippen molar-refractivity contribution in [2.75, 3.05) is 23.8 Å². The molecule has 0 aliphatic carbocycles. The molecule has 4 N–H and O–H groups in total. The summed E-state index contributed by atoms with van der Waals surface area (Å²) in [6.45, 7) is 9.19. The summed E-state index contributed by atoms with van der Waals surface area (Å²) in [6.07, 6.45) is 6.23. The van der Waals surface area contributed by atoms with Crippen LogP contribution in [0.1, 0.15) is 63.8 Å². The Labute approximate surface area is 268 Å². The lowest BCUT2D eigenvalue weighted by Crippen LogP contribution is -2.30. The van der Waals surface area contributed by atoms with E-state index in [9.17, 15) is 14.7 Å². The maximum absolute atomic E-state index is 14.2. The second-order valence-corrected chi connectivity index (χ2v) is 12.3. The van der Waals surface area contributed by atoms with E-state index in [4.69, 9.17) is 4.74 Å². The number of urea groups is 1. The van der Waals surface area contributed by atoms with Gasteiger partial charge in [0.1, 0.15) is 17.1 Å². The number of hydrogen-bond acceptors (Lipinski definition) is 6. The first kappa shape index (κ1) is 32.4. The van der Waals surface area contributed by atoms with Gasteiger partial charge < -0.3 is 20.5 Å². The van der Waals surface area contributed by atoms with Crippen LogP contribution in [-0.4, -0.2) is 44.1 Å². The third-order valence-electron chi connectivity index (χ3n) is 7.77. The molecule has 0 unspecified atom stereocenters. The van der Waals surface area contributed by atoms with Gasteiger partial charge >= 0.3 is 6.03 Å². The van der Waals surface area contributed by atoms with E-state index in [1.165, 1.54) is 0 Å². The van der Waals surface area contributed by atoms with Gasteiger partial charge in [0, 0.05) is 55.0 Å². The van der Waals surface area contributed by atoms with Crippen LogP contribution in [0.15, 0.2) is 77.9 Å². The summed E-state index contributed by atoms with van der Waals surface area (Å²) >= 11 is 0. The van der Waals surface area contributed by atoms with Crippen LogP contribution in [0.4, 0.5) is 16.2 Å². The fraction of sp³-hybridized carbons (Fsp3) is 0.333. The van der Waals surface area contributed by atoms with Crippen molar-refractivity contribution in [3.05, 3.63) is 100 Å². The number of aryl methyl sites for hydroxylation is 1. The highest BCUT2D eigenvalue weighted by molar-refractivity contribution is 6.07. The van der Waals surface area contributed by atoms with E-state index in [1.807, 2.05) is 54.6 Å². The minimum atomic E-state index is -0.526. The molecule has 3 aromatic heterocycles. The van der Waals surface area contributed by atoms with E-state index in [0.717, 1.165) is 35.0 Å². The van der Waals surface area contributed by atoms with E-state index in [0.29, 0.717) is 54.2 Å². The highest BCUT2D eigenvalue weighted by Crippen LogP contribution is 2.36. The number of anilines is 2. The zero-order valence-electron chi connectivity index (χ0n) is 26.9. The van der Waals surface area contributed by atoms with Crippen LogP contribution in [0.5, 0.6) is 5.75 Å². The predicted octanol–water partition coefficient (Wildman–Crippen LogP) is 6.88. The second kappa shape index (κ2) is 14.4. The molecule has 0 bridgehead atoms. The topological polar surface area (TPSA) is 134 Å².